The van der Waals surface area contributed by atoms with E-state index in [1.54, 1.807) is 18.2 Å². The molecule has 0 unspecified atom stereocenters. The van der Waals surface area contributed by atoms with Gasteiger partial charge in [-0.2, -0.15) is 0 Å². The first-order valence-electron chi connectivity index (χ1n) is 2.50. The number of halogens is 2. The van der Waals surface area contributed by atoms with Crippen molar-refractivity contribution in [1.82, 2.24) is 0 Å². The minimum Gasteiger partial charge on any atom is -0.258 e. The number of hydrogen-bond acceptors (Lipinski definition) is 2. The van der Waals surface area contributed by atoms with Crippen LogP contribution in [-0.4, -0.2) is 4.92 Å². The van der Waals surface area contributed by atoms with Crippen LogP contribution in [-0.2, 0) is 0 Å². The second-order valence-electron chi connectivity index (χ2n) is 1.59. The zero-order valence-corrected chi connectivity index (χ0v) is 7.10. The fourth-order valence-electron chi connectivity index (χ4n) is 0.550. The molecule has 0 spiro atoms. The van der Waals surface area contributed by atoms with Gasteiger partial charge in [0.25, 0.3) is 5.69 Å². The lowest BCUT2D eigenvalue weighted by molar-refractivity contribution is -0.384. The van der Waals surface area contributed by atoms with E-state index >= 15 is 0 Å². The van der Waals surface area contributed by atoms with Crippen LogP contribution in [0.4, 0.5) is 5.69 Å². The minimum atomic E-state index is -0.417. The topological polar surface area (TPSA) is 43.1 Å². The van der Waals surface area contributed by atoms with Gasteiger partial charge in [0, 0.05) is 12.1 Å². The standard InChI is InChI=1S/C6H5NO2.2ClH/c8-7(9)6-4-2-1-3-5-6;;/h1-5H;2*1H. The number of non-ortho nitro benzene ring substituents is 1. The predicted molar refractivity (Wildman–Crippen MR) is 47.6 cm³/mol. The van der Waals surface area contributed by atoms with Crippen LogP contribution in [0.25, 0.3) is 0 Å². The summed E-state index contributed by atoms with van der Waals surface area (Å²) in [4.78, 5) is 9.59. The highest BCUT2D eigenvalue weighted by Gasteiger charge is 1.98. The van der Waals surface area contributed by atoms with Crippen molar-refractivity contribution in [2.24, 2.45) is 0 Å². The van der Waals surface area contributed by atoms with Crippen molar-refractivity contribution in [2.75, 3.05) is 0 Å². The molecule has 1 aromatic carbocycles. The summed E-state index contributed by atoms with van der Waals surface area (Å²) in [5.41, 5.74) is 0.137. The number of benzene rings is 1. The number of nitro groups is 1. The van der Waals surface area contributed by atoms with Crippen LogP contribution in [0.5, 0.6) is 0 Å². The van der Waals surface area contributed by atoms with Crippen molar-refractivity contribution in [2.45, 2.75) is 0 Å². The average Bonchev–Trinajstić information content (AvgIpc) is 1.90. The van der Waals surface area contributed by atoms with E-state index in [9.17, 15) is 10.1 Å². The van der Waals surface area contributed by atoms with E-state index in [0.717, 1.165) is 0 Å². The summed E-state index contributed by atoms with van der Waals surface area (Å²) < 4.78 is 0. The minimum absolute atomic E-state index is 0. The molecule has 0 aliphatic carbocycles. The molecule has 0 aliphatic rings. The van der Waals surface area contributed by atoms with Gasteiger partial charge in [0.1, 0.15) is 0 Å². The molecular weight excluding hydrogens is 189 g/mol. The van der Waals surface area contributed by atoms with Gasteiger partial charge in [-0.3, -0.25) is 10.1 Å². The Morgan fingerprint density at radius 1 is 1.09 bits per heavy atom. The molecule has 0 fully saturated rings. The molecule has 0 aliphatic heterocycles. The number of rotatable bonds is 1. The molecule has 0 atom stereocenters. The summed E-state index contributed by atoms with van der Waals surface area (Å²) in [7, 11) is 0. The lowest BCUT2D eigenvalue weighted by Gasteiger charge is -1.85. The van der Waals surface area contributed by atoms with Gasteiger partial charge >= 0.3 is 0 Å². The first-order chi connectivity index (χ1) is 4.30. The molecule has 0 saturated carbocycles. The van der Waals surface area contributed by atoms with Gasteiger partial charge in [0.2, 0.25) is 0 Å². The van der Waals surface area contributed by atoms with Gasteiger partial charge in [-0.05, 0) is 0 Å². The SMILES string of the molecule is Cl.Cl.O=[N+]([O-])c1ccccc1. The molecule has 1 aromatic rings. The highest BCUT2D eigenvalue weighted by atomic mass is 35.5. The molecule has 0 amide bonds. The summed E-state index contributed by atoms with van der Waals surface area (Å²) in [6, 6.07) is 7.93. The van der Waals surface area contributed by atoms with Crippen LogP contribution in [0.3, 0.4) is 0 Å². The normalized spacial score (nSPS) is 7.27. The molecule has 5 heteroatoms. The van der Waals surface area contributed by atoms with Crippen LogP contribution in [0.2, 0.25) is 0 Å². The highest BCUT2D eigenvalue weighted by Crippen LogP contribution is 2.06. The number of nitro benzene ring substituents is 1. The Bertz CT molecular complexity index is 215. The Hall–Kier alpha value is -0.800. The van der Waals surface area contributed by atoms with Crippen molar-refractivity contribution in [3.63, 3.8) is 0 Å². The first-order valence-corrected chi connectivity index (χ1v) is 2.50. The van der Waals surface area contributed by atoms with E-state index < -0.39 is 4.92 Å². The largest absolute Gasteiger partial charge is 0.269 e. The molecule has 62 valence electrons. The van der Waals surface area contributed by atoms with Crippen LogP contribution in [0.15, 0.2) is 30.3 Å². The highest BCUT2D eigenvalue weighted by molar-refractivity contribution is 5.85. The fraction of sp³-hybridized carbons (Fsp3) is 0. The maximum Gasteiger partial charge on any atom is 0.269 e. The van der Waals surface area contributed by atoms with Crippen molar-refractivity contribution in [1.29, 1.82) is 0 Å². The number of hydrogen-bond donors (Lipinski definition) is 0. The summed E-state index contributed by atoms with van der Waals surface area (Å²) in [5.74, 6) is 0. The molecule has 1 rings (SSSR count). The lowest BCUT2D eigenvalue weighted by Crippen LogP contribution is -1.84. The van der Waals surface area contributed by atoms with Gasteiger partial charge in [-0.1, -0.05) is 18.2 Å². The third-order valence-corrected chi connectivity index (χ3v) is 0.967. The van der Waals surface area contributed by atoms with Crippen LogP contribution in [0.1, 0.15) is 0 Å². The van der Waals surface area contributed by atoms with E-state index in [0.29, 0.717) is 0 Å². The fourth-order valence-corrected chi connectivity index (χ4v) is 0.550. The zero-order chi connectivity index (χ0) is 6.69. The average molecular weight is 196 g/mol. The lowest BCUT2D eigenvalue weighted by atomic mass is 10.3. The van der Waals surface area contributed by atoms with Gasteiger partial charge in [0.15, 0.2) is 0 Å². The van der Waals surface area contributed by atoms with Crippen molar-refractivity contribution in [3.05, 3.63) is 40.4 Å². The molecule has 0 saturated heterocycles. The molecule has 3 nitrogen and oxygen atoms in total. The molecule has 0 radical (unpaired) electrons. The maximum atomic E-state index is 10.0. The smallest absolute Gasteiger partial charge is 0.258 e. The van der Waals surface area contributed by atoms with E-state index in [-0.39, 0.29) is 30.5 Å². The second-order valence-corrected chi connectivity index (χ2v) is 1.59. The molecule has 0 heterocycles. The molecule has 0 N–H and O–H groups in total. The monoisotopic (exact) mass is 195 g/mol. The van der Waals surface area contributed by atoms with Crippen LogP contribution in [0, 0.1) is 10.1 Å². The van der Waals surface area contributed by atoms with Gasteiger partial charge in [0.05, 0.1) is 4.92 Å². The molecular formula is C6H7Cl2NO2. The van der Waals surface area contributed by atoms with Crippen molar-refractivity contribution in [3.8, 4) is 0 Å². The Morgan fingerprint density at radius 2 is 1.55 bits per heavy atom. The number of nitrogens with zero attached hydrogens (tertiary/aromatic N) is 1. The Labute approximate surface area is 76.4 Å². The third kappa shape index (κ3) is 3.80. The third-order valence-electron chi connectivity index (χ3n) is 0.967. The summed E-state index contributed by atoms with van der Waals surface area (Å²) in [6.07, 6.45) is 0. The molecule has 11 heavy (non-hydrogen) atoms. The number of para-hydroxylation sites is 1. The quantitative estimate of drug-likeness (QED) is 0.511. The Balaban J connectivity index is 0. The van der Waals surface area contributed by atoms with Crippen molar-refractivity contribution < 1.29 is 4.92 Å². The first kappa shape index (κ1) is 12.8. The van der Waals surface area contributed by atoms with Crippen molar-refractivity contribution >= 4 is 30.5 Å². The van der Waals surface area contributed by atoms with Gasteiger partial charge < -0.3 is 0 Å². The summed E-state index contributed by atoms with van der Waals surface area (Å²) in [5, 5.41) is 10.0. The van der Waals surface area contributed by atoms with E-state index in [2.05, 4.69) is 0 Å². The van der Waals surface area contributed by atoms with Crippen LogP contribution >= 0.6 is 24.8 Å². The Kier molecular flexibility index (Phi) is 6.94. The van der Waals surface area contributed by atoms with Crippen LogP contribution < -0.4 is 0 Å². The van der Waals surface area contributed by atoms with E-state index in [4.69, 9.17) is 0 Å². The van der Waals surface area contributed by atoms with E-state index in [1.807, 2.05) is 0 Å². The zero-order valence-electron chi connectivity index (χ0n) is 5.47. The summed E-state index contributed by atoms with van der Waals surface area (Å²) >= 11 is 0. The predicted octanol–water partition coefficient (Wildman–Crippen LogP) is 2.44. The van der Waals surface area contributed by atoms with E-state index in [1.165, 1.54) is 12.1 Å². The summed E-state index contributed by atoms with van der Waals surface area (Å²) in [6.45, 7) is 0. The second kappa shape index (κ2) is 5.95. The maximum absolute atomic E-state index is 10.0. The van der Waals surface area contributed by atoms with Gasteiger partial charge in [-0.25, -0.2) is 0 Å². The molecule has 0 aromatic heterocycles. The molecule has 0 bridgehead atoms. The Morgan fingerprint density at radius 3 is 1.82 bits per heavy atom. The van der Waals surface area contributed by atoms with Gasteiger partial charge in [-0.15, -0.1) is 24.8 Å².